The lowest BCUT2D eigenvalue weighted by molar-refractivity contribution is -0.133. The third kappa shape index (κ3) is 3.45. The molecule has 1 amide bonds. The topological polar surface area (TPSA) is 25.2 Å². The number of benzene rings is 1. The molecular weight excluding hydrogens is 308 g/mol. The van der Waals surface area contributed by atoms with E-state index in [1.165, 1.54) is 12.8 Å². The number of likely N-dealkylation sites (N-methyl/N-ethyl adjacent to an activating group) is 1. The molecule has 1 aromatic heterocycles. The van der Waals surface area contributed by atoms with Gasteiger partial charge in [-0.05, 0) is 30.5 Å². The van der Waals surface area contributed by atoms with Crippen LogP contribution in [0, 0.1) is 0 Å². The smallest absolute Gasteiger partial charge is 0.245 e. The number of hydrogen-bond acceptors (Lipinski definition) is 1. The van der Waals surface area contributed by atoms with Crippen molar-refractivity contribution in [2.45, 2.75) is 43.1 Å². The molecule has 1 aromatic carbocycles. The number of hydrogen-bond donors (Lipinski definition) is 0. The number of amides is 1. The Balaban J connectivity index is 1.77. The second-order valence-electron chi connectivity index (χ2n) is 6.27. The lowest BCUT2D eigenvalue weighted by Crippen LogP contribution is -2.45. The fourth-order valence-electron chi connectivity index (χ4n) is 3.57. The Kier molecular flexibility index (Phi) is 5.06. The van der Waals surface area contributed by atoms with Gasteiger partial charge in [0.15, 0.2) is 0 Å². The summed E-state index contributed by atoms with van der Waals surface area (Å²) in [5.41, 5.74) is 0.861. The Morgan fingerprint density at radius 2 is 1.78 bits per heavy atom. The molecule has 1 heterocycles. The third-order valence-electron chi connectivity index (χ3n) is 4.86. The average molecular weight is 331 g/mol. The quantitative estimate of drug-likeness (QED) is 0.762. The zero-order chi connectivity index (χ0) is 16.2. The second kappa shape index (κ2) is 7.22. The van der Waals surface area contributed by atoms with Gasteiger partial charge in [-0.1, -0.05) is 43.2 Å². The van der Waals surface area contributed by atoms with Crippen LogP contribution in [0.1, 0.15) is 42.7 Å². The van der Waals surface area contributed by atoms with E-state index in [4.69, 9.17) is 11.6 Å². The van der Waals surface area contributed by atoms with Crippen molar-refractivity contribution in [2.24, 2.45) is 0 Å². The largest absolute Gasteiger partial charge is 0.349 e. The third-order valence-corrected chi connectivity index (χ3v) is 5.30. The summed E-state index contributed by atoms with van der Waals surface area (Å²) in [6, 6.07) is 14.2. The monoisotopic (exact) mass is 330 g/mol. The summed E-state index contributed by atoms with van der Waals surface area (Å²) < 4.78 is 2.24. The number of rotatable bonds is 4. The molecule has 3 rings (SSSR count). The van der Waals surface area contributed by atoms with Gasteiger partial charge in [-0.15, -0.1) is 11.6 Å². The summed E-state index contributed by atoms with van der Waals surface area (Å²) in [7, 11) is 1.90. The highest BCUT2D eigenvalue weighted by atomic mass is 35.5. The number of carbonyl (C=O) groups excluding carboxylic acids is 1. The Morgan fingerprint density at radius 3 is 2.48 bits per heavy atom. The molecule has 3 atom stereocenters. The highest BCUT2D eigenvalue weighted by molar-refractivity contribution is 6.30. The molecule has 1 fully saturated rings. The van der Waals surface area contributed by atoms with Crippen molar-refractivity contribution in [3.05, 3.63) is 60.4 Å². The van der Waals surface area contributed by atoms with Crippen molar-refractivity contribution < 1.29 is 4.79 Å². The summed E-state index contributed by atoms with van der Waals surface area (Å²) in [5, 5.41) is -0.617. The van der Waals surface area contributed by atoms with Crippen molar-refractivity contribution in [3.8, 4) is 0 Å². The zero-order valence-electron chi connectivity index (χ0n) is 13.4. The molecule has 1 saturated carbocycles. The maximum Gasteiger partial charge on any atom is 0.245 e. The molecule has 23 heavy (non-hydrogen) atoms. The van der Waals surface area contributed by atoms with Crippen LogP contribution in [-0.2, 0) is 4.79 Å². The summed E-state index contributed by atoms with van der Waals surface area (Å²) >= 11 is 6.45. The Hall–Kier alpha value is -1.74. The predicted octanol–water partition coefficient (Wildman–Crippen LogP) is 4.41. The van der Waals surface area contributed by atoms with Crippen LogP contribution in [-0.4, -0.2) is 28.5 Å². The fourth-order valence-corrected chi connectivity index (χ4v) is 3.87. The average Bonchev–Trinajstić information content (AvgIpc) is 3.15. The minimum atomic E-state index is -0.617. The lowest BCUT2D eigenvalue weighted by atomic mass is 9.89. The number of alkyl halides is 1. The first-order chi connectivity index (χ1) is 11.2. The van der Waals surface area contributed by atoms with Gasteiger partial charge in [0, 0.05) is 19.4 Å². The number of nitrogens with zero attached hydrogens (tertiary/aromatic N) is 2. The molecule has 0 bridgehead atoms. The predicted molar refractivity (Wildman–Crippen MR) is 93.5 cm³/mol. The molecule has 2 aromatic rings. The number of aromatic nitrogens is 1. The molecule has 0 aliphatic heterocycles. The van der Waals surface area contributed by atoms with Gasteiger partial charge in [0.05, 0.1) is 12.1 Å². The van der Waals surface area contributed by atoms with Crippen LogP contribution in [0.3, 0.4) is 0 Å². The Labute approximate surface area is 142 Å². The van der Waals surface area contributed by atoms with Crippen molar-refractivity contribution >= 4 is 17.5 Å². The van der Waals surface area contributed by atoms with Gasteiger partial charge < -0.3 is 9.47 Å². The summed E-state index contributed by atoms with van der Waals surface area (Å²) in [5.74, 6) is -0.0121. The number of halogens is 1. The van der Waals surface area contributed by atoms with E-state index in [1.807, 2.05) is 54.4 Å². The second-order valence-corrected chi connectivity index (χ2v) is 6.71. The van der Waals surface area contributed by atoms with Gasteiger partial charge in [-0.2, -0.15) is 0 Å². The van der Waals surface area contributed by atoms with Crippen molar-refractivity contribution in [1.82, 2.24) is 9.47 Å². The molecule has 0 radical (unpaired) electrons. The molecule has 3 unspecified atom stereocenters. The molecule has 122 valence electrons. The Bertz CT molecular complexity index is 626. The fraction of sp³-hybridized carbons (Fsp3) is 0.421. The van der Waals surface area contributed by atoms with E-state index < -0.39 is 5.38 Å². The van der Waals surface area contributed by atoms with Crippen molar-refractivity contribution in [2.75, 3.05) is 7.05 Å². The van der Waals surface area contributed by atoms with Gasteiger partial charge in [0.25, 0.3) is 0 Å². The molecule has 4 heteroatoms. The minimum absolute atomic E-state index is 0.0121. The van der Waals surface area contributed by atoms with E-state index in [-0.39, 0.29) is 11.9 Å². The van der Waals surface area contributed by atoms with Gasteiger partial charge in [0.2, 0.25) is 5.91 Å². The molecule has 1 aliphatic carbocycles. The molecule has 1 aliphatic rings. The minimum Gasteiger partial charge on any atom is -0.349 e. The van der Waals surface area contributed by atoms with Gasteiger partial charge in [-0.25, -0.2) is 0 Å². The number of carbonyl (C=O) groups is 1. The molecule has 3 nitrogen and oxygen atoms in total. The molecular formula is C19H23ClN2O. The molecule has 0 N–H and O–H groups in total. The normalized spacial score (nSPS) is 22.5. The van der Waals surface area contributed by atoms with Gasteiger partial charge in [-0.3, -0.25) is 4.79 Å². The highest BCUT2D eigenvalue weighted by Crippen LogP contribution is 2.34. The van der Waals surface area contributed by atoms with Gasteiger partial charge >= 0.3 is 0 Å². The lowest BCUT2D eigenvalue weighted by Gasteiger charge is -2.39. The van der Waals surface area contributed by atoms with Crippen LogP contribution in [0.15, 0.2) is 54.9 Å². The maximum absolute atomic E-state index is 12.8. The maximum atomic E-state index is 12.8. The summed E-state index contributed by atoms with van der Waals surface area (Å²) in [6.07, 6.45) is 8.70. The molecule has 0 spiro atoms. The van der Waals surface area contributed by atoms with E-state index in [1.54, 1.807) is 0 Å². The zero-order valence-corrected chi connectivity index (χ0v) is 14.2. The first-order valence-corrected chi connectivity index (χ1v) is 8.70. The van der Waals surface area contributed by atoms with E-state index in [0.717, 1.165) is 18.4 Å². The summed E-state index contributed by atoms with van der Waals surface area (Å²) in [4.78, 5) is 14.7. The SMILES string of the molecule is CN(C(=O)C(Cl)c1ccccc1)C1CCCCC1n1cccc1. The van der Waals surface area contributed by atoms with E-state index in [2.05, 4.69) is 17.0 Å². The summed E-state index contributed by atoms with van der Waals surface area (Å²) in [6.45, 7) is 0. The highest BCUT2D eigenvalue weighted by Gasteiger charge is 2.34. The van der Waals surface area contributed by atoms with Crippen LogP contribution in [0.25, 0.3) is 0 Å². The van der Waals surface area contributed by atoms with Gasteiger partial charge in [0.1, 0.15) is 5.38 Å². The molecule has 0 saturated heterocycles. The Morgan fingerprint density at radius 1 is 1.13 bits per heavy atom. The van der Waals surface area contributed by atoms with Crippen molar-refractivity contribution in [3.63, 3.8) is 0 Å². The van der Waals surface area contributed by atoms with E-state index in [9.17, 15) is 4.79 Å². The standard InChI is InChI=1S/C19H23ClN2O/c1-21(19(23)18(20)15-9-3-2-4-10-15)16-11-5-6-12-17(16)22-13-7-8-14-22/h2-4,7-10,13-14,16-18H,5-6,11-12H2,1H3. The van der Waals surface area contributed by atoms with Crippen LogP contribution in [0.4, 0.5) is 0 Å². The van der Waals surface area contributed by atoms with Crippen LogP contribution in [0.2, 0.25) is 0 Å². The van der Waals surface area contributed by atoms with Crippen LogP contribution in [0.5, 0.6) is 0 Å². The first kappa shape index (κ1) is 16.1. The first-order valence-electron chi connectivity index (χ1n) is 8.26. The van der Waals surface area contributed by atoms with Crippen LogP contribution < -0.4 is 0 Å². The van der Waals surface area contributed by atoms with Crippen molar-refractivity contribution in [1.29, 1.82) is 0 Å². The van der Waals surface area contributed by atoms with E-state index >= 15 is 0 Å². The van der Waals surface area contributed by atoms with Crippen LogP contribution >= 0.6 is 11.6 Å². The van der Waals surface area contributed by atoms with E-state index in [0.29, 0.717) is 6.04 Å².